The van der Waals surface area contributed by atoms with Gasteiger partial charge in [-0.1, -0.05) is 39.1 Å². The third-order valence-corrected chi connectivity index (χ3v) is 4.67. The van der Waals surface area contributed by atoms with Crippen molar-refractivity contribution in [3.8, 4) is 0 Å². The van der Waals surface area contributed by atoms with Gasteiger partial charge in [-0.2, -0.15) is 0 Å². The standard InChI is InChI=1S/C13H10BrCl2FN4/c1-13(7-4-6(14)2-3-8(7)17)5-21-10(16)9(15)19-12(21)11(18)20-13/h2-4H,5H2,1H3,(H2,18,20)/t13-/m0/s1. The Bertz CT molecular complexity index is 774. The highest BCUT2D eigenvalue weighted by atomic mass is 79.9. The maximum atomic E-state index is 14.2. The van der Waals surface area contributed by atoms with Gasteiger partial charge in [0.2, 0.25) is 0 Å². The van der Waals surface area contributed by atoms with Gasteiger partial charge in [-0.25, -0.2) is 9.37 Å². The van der Waals surface area contributed by atoms with Crippen LogP contribution in [0.5, 0.6) is 0 Å². The summed E-state index contributed by atoms with van der Waals surface area (Å²) in [6.45, 7) is 2.09. The van der Waals surface area contributed by atoms with Crippen molar-refractivity contribution >= 4 is 45.0 Å². The van der Waals surface area contributed by atoms with Crippen molar-refractivity contribution in [2.45, 2.75) is 19.0 Å². The fourth-order valence-corrected chi connectivity index (χ4v) is 3.18. The Hall–Kier alpha value is -1.11. The van der Waals surface area contributed by atoms with Crippen molar-refractivity contribution in [3.63, 3.8) is 0 Å². The smallest absolute Gasteiger partial charge is 0.178 e. The van der Waals surface area contributed by atoms with Crippen LogP contribution < -0.4 is 5.73 Å². The quantitative estimate of drug-likeness (QED) is 0.805. The molecule has 0 amide bonds. The van der Waals surface area contributed by atoms with Crippen molar-refractivity contribution < 1.29 is 4.39 Å². The third-order valence-electron chi connectivity index (χ3n) is 3.44. The molecule has 2 N–H and O–H groups in total. The lowest BCUT2D eigenvalue weighted by Gasteiger charge is -2.31. The van der Waals surface area contributed by atoms with E-state index in [0.29, 0.717) is 17.9 Å². The zero-order valence-corrected chi connectivity index (χ0v) is 14.0. The first-order valence-corrected chi connectivity index (χ1v) is 7.59. The summed E-state index contributed by atoms with van der Waals surface area (Å²) < 4.78 is 16.6. The van der Waals surface area contributed by atoms with E-state index in [-0.39, 0.29) is 22.0 Å². The van der Waals surface area contributed by atoms with Gasteiger partial charge >= 0.3 is 0 Å². The van der Waals surface area contributed by atoms with Crippen LogP contribution in [0.1, 0.15) is 18.3 Å². The van der Waals surface area contributed by atoms with E-state index in [1.807, 2.05) is 0 Å². The summed E-state index contributed by atoms with van der Waals surface area (Å²) in [5.74, 6) is 0.220. The molecule has 1 aromatic carbocycles. The van der Waals surface area contributed by atoms with E-state index >= 15 is 0 Å². The normalized spacial score (nSPS) is 21.1. The van der Waals surface area contributed by atoms with Gasteiger partial charge in [0.15, 0.2) is 16.8 Å². The summed E-state index contributed by atoms with van der Waals surface area (Å²) in [5.41, 5.74) is 5.48. The SMILES string of the molecule is C[C@@]1(c2cc(Br)ccc2F)Cn2c(nc(Cl)c2Cl)C(N)=N1. The molecule has 0 fully saturated rings. The zero-order chi connectivity index (χ0) is 15.4. The van der Waals surface area contributed by atoms with Crippen LogP contribution in [0.15, 0.2) is 27.7 Å². The maximum Gasteiger partial charge on any atom is 0.178 e. The number of nitrogens with two attached hydrogens (primary N) is 1. The fourth-order valence-electron chi connectivity index (χ4n) is 2.46. The molecule has 0 aliphatic carbocycles. The number of nitrogens with zero attached hydrogens (tertiary/aromatic N) is 3. The van der Waals surface area contributed by atoms with E-state index in [2.05, 4.69) is 25.9 Å². The van der Waals surface area contributed by atoms with Crippen LogP contribution in [0.4, 0.5) is 4.39 Å². The largest absolute Gasteiger partial charge is 0.381 e. The predicted octanol–water partition coefficient (Wildman–Crippen LogP) is 3.73. The number of aliphatic imine (C=N–C) groups is 1. The lowest BCUT2D eigenvalue weighted by Crippen LogP contribution is -2.37. The van der Waals surface area contributed by atoms with Crippen LogP contribution in [0.25, 0.3) is 0 Å². The molecule has 0 radical (unpaired) electrons. The first kappa shape index (κ1) is 14.8. The molecule has 21 heavy (non-hydrogen) atoms. The molecule has 0 spiro atoms. The molecule has 2 aromatic rings. The van der Waals surface area contributed by atoms with E-state index in [1.54, 1.807) is 23.6 Å². The molecule has 0 saturated carbocycles. The fraction of sp³-hybridized carbons (Fsp3) is 0.231. The van der Waals surface area contributed by atoms with Gasteiger partial charge in [0.25, 0.3) is 0 Å². The summed E-state index contributed by atoms with van der Waals surface area (Å²) >= 11 is 15.4. The van der Waals surface area contributed by atoms with E-state index in [9.17, 15) is 4.39 Å². The Morgan fingerprint density at radius 2 is 2.14 bits per heavy atom. The third kappa shape index (κ3) is 2.35. The number of rotatable bonds is 1. The molecular weight excluding hydrogens is 382 g/mol. The summed E-state index contributed by atoms with van der Waals surface area (Å²) in [6, 6.07) is 4.70. The van der Waals surface area contributed by atoms with E-state index in [4.69, 9.17) is 28.9 Å². The topological polar surface area (TPSA) is 56.2 Å². The Morgan fingerprint density at radius 1 is 1.43 bits per heavy atom. The summed E-state index contributed by atoms with van der Waals surface area (Å²) in [7, 11) is 0. The monoisotopic (exact) mass is 390 g/mol. The maximum absolute atomic E-state index is 14.2. The van der Waals surface area contributed by atoms with Crippen molar-refractivity contribution in [1.29, 1.82) is 0 Å². The summed E-state index contributed by atoms with van der Waals surface area (Å²) in [5, 5.41) is 0.426. The molecule has 0 unspecified atom stereocenters. The van der Waals surface area contributed by atoms with E-state index in [0.717, 1.165) is 4.47 Å². The lowest BCUT2D eigenvalue weighted by molar-refractivity contribution is 0.383. The second-order valence-electron chi connectivity index (χ2n) is 5.00. The average Bonchev–Trinajstić information content (AvgIpc) is 2.70. The molecule has 1 aromatic heterocycles. The molecule has 4 nitrogen and oxygen atoms in total. The van der Waals surface area contributed by atoms with Crippen LogP contribution in [-0.2, 0) is 12.1 Å². The number of halogens is 4. The Kier molecular flexibility index (Phi) is 3.50. The van der Waals surface area contributed by atoms with Crippen molar-refractivity contribution in [1.82, 2.24) is 9.55 Å². The van der Waals surface area contributed by atoms with Gasteiger partial charge in [-0.15, -0.1) is 0 Å². The number of amidine groups is 1. The second-order valence-corrected chi connectivity index (χ2v) is 6.63. The van der Waals surface area contributed by atoms with E-state index < -0.39 is 5.54 Å². The molecule has 1 aliphatic heterocycles. The first-order valence-electron chi connectivity index (χ1n) is 6.04. The summed E-state index contributed by atoms with van der Waals surface area (Å²) in [6.07, 6.45) is 0. The minimum Gasteiger partial charge on any atom is -0.381 e. The van der Waals surface area contributed by atoms with Crippen LogP contribution >= 0.6 is 39.1 Å². The van der Waals surface area contributed by atoms with Crippen LogP contribution in [-0.4, -0.2) is 15.4 Å². The van der Waals surface area contributed by atoms with Crippen molar-refractivity contribution in [2.75, 3.05) is 0 Å². The van der Waals surface area contributed by atoms with Gasteiger partial charge in [0, 0.05) is 10.0 Å². The molecule has 1 atom stereocenters. The Balaban J connectivity index is 2.18. The molecule has 110 valence electrons. The van der Waals surface area contributed by atoms with Crippen molar-refractivity contribution in [3.05, 3.63) is 50.2 Å². The van der Waals surface area contributed by atoms with Gasteiger partial charge in [-0.05, 0) is 25.1 Å². The molecule has 0 bridgehead atoms. The highest BCUT2D eigenvalue weighted by Gasteiger charge is 2.36. The van der Waals surface area contributed by atoms with Crippen LogP contribution in [0.3, 0.4) is 0 Å². The predicted molar refractivity (Wildman–Crippen MR) is 84.4 cm³/mol. The molecule has 8 heteroatoms. The molecular formula is C13H10BrCl2FN4. The van der Waals surface area contributed by atoms with Crippen LogP contribution in [0.2, 0.25) is 10.3 Å². The molecule has 3 rings (SSSR count). The van der Waals surface area contributed by atoms with E-state index in [1.165, 1.54) is 6.07 Å². The highest BCUT2D eigenvalue weighted by Crippen LogP contribution is 2.37. The zero-order valence-electron chi connectivity index (χ0n) is 10.9. The highest BCUT2D eigenvalue weighted by molar-refractivity contribution is 9.10. The molecule has 0 saturated heterocycles. The number of benzene rings is 1. The number of hydrogen-bond donors (Lipinski definition) is 1. The molecule has 1 aliphatic rings. The summed E-state index contributed by atoms with van der Waals surface area (Å²) in [4.78, 5) is 8.48. The lowest BCUT2D eigenvalue weighted by atomic mass is 9.91. The van der Waals surface area contributed by atoms with Gasteiger partial charge < -0.3 is 10.3 Å². The second kappa shape index (κ2) is 4.97. The van der Waals surface area contributed by atoms with Crippen molar-refractivity contribution in [2.24, 2.45) is 10.7 Å². The number of hydrogen-bond acceptors (Lipinski definition) is 3. The number of imidazole rings is 1. The van der Waals surface area contributed by atoms with Gasteiger partial charge in [0.05, 0.1) is 6.54 Å². The molecule has 2 heterocycles. The number of aromatic nitrogens is 2. The Morgan fingerprint density at radius 3 is 2.86 bits per heavy atom. The Labute approximate surface area is 138 Å². The minimum absolute atomic E-state index is 0.156. The first-order chi connectivity index (χ1) is 9.82. The minimum atomic E-state index is -0.890. The van der Waals surface area contributed by atoms with Crippen LogP contribution in [0, 0.1) is 5.82 Å². The average molecular weight is 392 g/mol. The van der Waals surface area contributed by atoms with Gasteiger partial charge in [0.1, 0.15) is 16.5 Å². The number of fused-ring (bicyclic) bond motifs is 1. The van der Waals surface area contributed by atoms with Gasteiger partial charge in [-0.3, -0.25) is 4.99 Å².